The molecule has 2 aromatic rings. The van der Waals surface area contributed by atoms with Gasteiger partial charge in [0.1, 0.15) is 24.7 Å². The van der Waals surface area contributed by atoms with Crippen molar-refractivity contribution in [3.8, 4) is 11.5 Å². The lowest BCUT2D eigenvalue weighted by Crippen LogP contribution is -2.12. The van der Waals surface area contributed by atoms with Crippen molar-refractivity contribution in [3.05, 3.63) is 60.2 Å². The van der Waals surface area contributed by atoms with Gasteiger partial charge in [0, 0.05) is 0 Å². The van der Waals surface area contributed by atoms with Crippen molar-refractivity contribution in [3.63, 3.8) is 0 Å². The van der Waals surface area contributed by atoms with Crippen LogP contribution in [0.5, 0.6) is 11.5 Å². The van der Waals surface area contributed by atoms with Gasteiger partial charge < -0.3 is 14.2 Å². The Morgan fingerprint density at radius 2 is 1.14 bits per heavy atom. The highest BCUT2D eigenvalue weighted by Gasteiger charge is 1.98. The summed E-state index contributed by atoms with van der Waals surface area (Å²) in [4.78, 5) is 0. The molecule has 0 aliphatic rings. The lowest BCUT2D eigenvalue weighted by atomic mass is 10.0. The summed E-state index contributed by atoms with van der Waals surface area (Å²) in [5, 5.41) is 0. The Bertz CT molecular complexity index is 595. The summed E-state index contributed by atoms with van der Waals surface area (Å²) >= 11 is 0. The Kier molecular flexibility index (Phi) is 11.9. The lowest BCUT2D eigenvalue weighted by Gasteiger charge is -2.09. The van der Waals surface area contributed by atoms with Crippen molar-refractivity contribution in [2.45, 2.75) is 58.3 Å². The Hall–Kier alpha value is -2.00. The molecule has 0 atom stereocenters. The molecule has 3 heteroatoms. The monoisotopic (exact) mass is 384 g/mol. The van der Waals surface area contributed by atoms with Gasteiger partial charge in [-0.1, -0.05) is 75.8 Å². The van der Waals surface area contributed by atoms with Crippen molar-refractivity contribution in [2.75, 3.05) is 26.4 Å². The molecule has 28 heavy (non-hydrogen) atoms. The van der Waals surface area contributed by atoms with E-state index in [1.54, 1.807) is 0 Å². The first kappa shape index (κ1) is 22.3. The van der Waals surface area contributed by atoms with E-state index in [1.807, 2.05) is 30.3 Å². The molecule has 0 amide bonds. The maximum Gasteiger partial charge on any atom is 0.119 e. The van der Waals surface area contributed by atoms with E-state index in [9.17, 15) is 0 Å². The number of para-hydroxylation sites is 1. The van der Waals surface area contributed by atoms with E-state index in [-0.39, 0.29) is 0 Å². The van der Waals surface area contributed by atoms with Crippen LogP contribution in [0.1, 0.15) is 57.4 Å². The van der Waals surface area contributed by atoms with Gasteiger partial charge in [-0.3, -0.25) is 0 Å². The predicted octanol–water partition coefficient (Wildman–Crippen LogP) is 6.45. The van der Waals surface area contributed by atoms with Gasteiger partial charge in [0.05, 0.1) is 13.2 Å². The van der Waals surface area contributed by atoms with E-state index in [2.05, 4.69) is 31.2 Å². The van der Waals surface area contributed by atoms with Gasteiger partial charge in [-0.25, -0.2) is 0 Å². The van der Waals surface area contributed by atoms with Crippen LogP contribution in [-0.4, -0.2) is 26.4 Å². The Morgan fingerprint density at radius 3 is 1.79 bits per heavy atom. The number of hydrogen-bond acceptors (Lipinski definition) is 3. The molecule has 0 bridgehead atoms. The summed E-state index contributed by atoms with van der Waals surface area (Å²) in [6, 6.07) is 18.3. The van der Waals surface area contributed by atoms with E-state index < -0.39 is 0 Å². The van der Waals surface area contributed by atoms with Crippen LogP contribution in [0.4, 0.5) is 0 Å². The highest BCUT2D eigenvalue weighted by Crippen LogP contribution is 2.15. The fraction of sp³-hybridized carbons (Fsp3) is 0.520. The quantitative estimate of drug-likeness (QED) is 0.311. The standard InChI is InChI=1S/C25H36O3/c1-2-3-4-5-6-7-9-12-23-15-17-25(18-16-23)28-22-20-26-19-21-27-24-13-10-8-11-14-24/h8,10-11,13-18H,2-7,9,12,19-22H2,1H3. The van der Waals surface area contributed by atoms with Gasteiger partial charge in [0.15, 0.2) is 0 Å². The van der Waals surface area contributed by atoms with Crippen molar-refractivity contribution < 1.29 is 14.2 Å². The number of rotatable bonds is 16. The number of aryl methyl sites for hydroxylation is 1. The highest BCUT2D eigenvalue weighted by molar-refractivity contribution is 5.27. The number of hydrogen-bond donors (Lipinski definition) is 0. The molecule has 0 saturated carbocycles. The fourth-order valence-electron chi connectivity index (χ4n) is 3.09. The van der Waals surface area contributed by atoms with Crippen molar-refractivity contribution in [1.82, 2.24) is 0 Å². The van der Waals surface area contributed by atoms with Crippen LogP contribution < -0.4 is 9.47 Å². The van der Waals surface area contributed by atoms with E-state index in [1.165, 1.54) is 56.9 Å². The number of ether oxygens (including phenoxy) is 3. The number of benzene rings is 2. The Labute approximate surface area is 171 Å². The van der Waals surface area contributed by atoms with Crippen molar-refractivity contribution in [1.29, 1.82) is 0 Å². The van der Waals surface area contributed by atoms with E-state index in [0.717, 1.165) is 11.5 Å². The molecule has 0 unspecified atom stereocenters. The third-order valence-electron chi connectivity index (χ3n) is 4.73. The summed E-state index contributed by atoms with van der Waals surface area (Å²) in [5.74, 6) is 1.78. The molecule has 0 spiro atoms. The summed E-state index contributed by atoms with van der Waals surface area (Å²) in [5.41, 5.74) is 1.40. The molecule has 0 fully saturated rings. The minimum absolute atomic E-state index is 0.553. The molecule has 0 heterocycles. The summed E-state index contributed by atoms with van der Waals surface area (Å²) in [7, 11) is 0. The second-order valence-electron chi connectivity index (χ2n) is 7.14. The molecule has 0 aliphatic heterocycles. The lowest BCUT2D eigenvalue weighted by molar-refractivity contribution is 0.0764. The summed E-state index contributed by atoms with van der Waals surface area (Å²) < 4.78 is 16.9. The Balaban J connectivity index is 1.46. The largest absolute Gasteiger partial charge is 0.491 e. The van der Waals surface area contributed by atoms with Crippen molar-refractivity contribution >= 4 is 0 Å². The maximum absolute atomic E-state index is 5.74. The molecule has 2 aromatic carbocycles. The second kappa shape index (κ2) is 15.0. The smallest absolute Gasteiger partial charge is 0.119 e. The third-order valence-corrected chi connectivity index (χ3v) is 4.73. The molecule has 154 valence electrons. The molecule has 3 nitrogen and oxygen atoms in total. The molecule has 0 aromatic heterocycles. The first-order valence-corrected chi connectivity index (χ1v) is 10.9. The normalized spacial score (nSPS) is 10.8. The topological polar surface area (TPSA) is 27.7 Å². The SMILES string of the molecule is CCCCCCCCCc1ccc(OCCOCCOc2ccccc2)cc1. The van der Waals surface area contributed by atoms with Crippen LogP contribution in [0.15, 0.2) is 54.6 Å². The Morgan fingerprint density at radius 1 is 0.571 bits per heavy atom. The zero-order valence-electron chi connectivity index (χ0n) is 17.4. The first-order chi connectivity index (χ1) is 13.9. The molecule has 0 saturated heterocycles. The average Bonchev–Trinajstić information content (AvgIpc) is 2.74. The van der Waals surface area contributed by atoms with Gasteiger partial charge in [0.25, 0.3) is 0 Å². The summed E-state index contributed by atoms with van der Waals surface area (Å²) in [6.45, 7) is 4.51. The highest BCUT2D eigenvalue weighted by atomic mass is 16.5. The minimum Gasteiger partial charge on any atom is -0.491 e. The van der Waals surface area contributed by atoms with Crippen molar-refractivity contribution in [2.24, 2.45) is 0 Å². The fourth-order valence-corrected chi connectivity index (χ4v) is 3.09. The summed E-state index contributed by atoms with van der Waals surface area (Å²) in [6.07, 6.45) is 10.7. The third kappa shape index (κ3) is 10.4. The van der Waals surface area contributed by atoms with Gasteiger partial charge in [-0.2, -0.15) is 0 Å². The zero-order valence-corrected chi connectivity index (χ0v) is 17.4. The molecular formula is C25H36O3. The molecule has 2 rings (SSSR count). The van der Waals surface area contributed by atoms with Crippen LogP contribution in [0, 0.1) is 0 Å². The van der Waals surface area contributed by atoms with Crippen LogP contribution in [0.3, 0.4) is 0 Å². The van der Waals surface area contributed by atoms with Gasteiger partial charge in [-0.05, 0) is 42.7 Å². The molecule has 0 N–H and O–H groups in total. The van der Waals surface area contributed by atoms with Crippen LogP contribution >= 0.6 is 0 Å². The van der Waals surface area contributed by atoms with Crippen LogP contribution in [0.2, 0.25) is 0 Å². The predicted molar refractivity (Wildman–Crippen MR) is 116 cm³/mol. The first-order valence-electron chi connectivity index (χ1n) is 10.9. The van der Waals surface area contributed by atoms with Gasteiger partial charge in [-0.15, -0.1) is 0 Å². The molecular weight excluding hydrogens is 348 g/mol. The maximum atomic E-state index is 5.74. The molecule has 0 radical (unpaired) electrons. The van der Waals surface area contributed by atoms with E-state index in [0.29, 0.717) is 26.4 Å². The number of unbranched alkanes of at least 4 members (excludes halogenated alkanes) is 6. The van der Waals surface area contributed by atoms with Gasteiger partial charge in [0.2, 0.25) is 0 Å². The van der Waals surface area contributed by atoms with Crippen LogP contribution in [0.25, 0.3) is 0 Å². The van der Waals surface area contributed by atoms with E-state index in [4.69, 9.17) is 14.2 Å². The van der Waals surface area contributed by atoms with Crippen LogP contribution in [-0.2, 0) is 11.2 Å². The second-order valence-corrected chi connectivity index (χ2v) is 7.14. The van der Waals surface area contributed by atoms with Gasteiger partial charge >= 0.3 is 0 Å². The average molecular weight is 385 g/mol. The minimum atomic E-state index is 0.553. The zero-order chi connectivity index (χ0) is 19.7. The molecule has 0 aliphatic carbocycles. The van der Waals surface area contributed by atoms with E-state index >= 15 is 0 Å².